The van der Waals surface area contributed by atoms with Crippen LogP contribution in [0.25, 0.3) is 11.1 Å². The predicted octanol–water partition coefficient (Wildman–Crippen LogP) is 3.33. The van der Waals surface area contributed by atoms with Crippen molar-refractivity contribution in [1.29, 1.82) is 0 Å². The van der Waals surface area contributed by atoms with Crippen LogP contribution in [-0.4, -0.2) is 5.91 Å². The smallest absolute Gasteiger partial charge is 0.394 e. The van der Waals surface area contributed by atoms with Gasteiger partial charge in [0.2, 0.25) is 5.91 Å². The lowest BCUT2D eigenvalue weighted by molar-refractivity contribution is -0.137. The number of amides is 1. The van der Waals surface area contributed by atoms with Crippen molar-refractivity contribution in [3.05, 3.63) is 53.1 Å². The fourth-order valence-electron chi connectivity index (χ4n) is 2.05. The van der Waals surface area contributed by atoms with Crippen LogP contribution in [0.2, 0.25) is 0 Å². The molecule has 0 aliphatic carbocycles. The number of hydrogen-bond donors (Lipinski definition) is 2. The molecule has 0 heterocycles. The SMILES string of the molecule is NC(=O)c1cccc(C(F)(F)F)c1-c1ccc(F)c(N)c1F. The van der Waals surface area contributed by atoms with E-state index < -0.39 is 51.7 Å². The van der Waals surface area contributed by atoms with Gasteiger partial charge in [-0.25, -0.2) is 8.78 Å². The summed E-state index contributed by atoms with van der Waals surface area (Å²) in [5.41, 5.74) is 6.03. The lowest BCUT2D eigenvalue weighted by Gasteiger charge is -2.17. The number of anilines is 1. The summed E-state index contributed by atoms with van der Waals surface area (Å²) in [4.78, 5) is 11.4. The molecular formula is C14H9F5N2O. The predicted molar refractivity (Wildman–Crippen MR) is 69.7 cm³/mol. The maximum absolute atomic E-state index is 14.1. The standard InChI is InChI=1S/C14H9F5N2O/c15-9-5-4-6(11(16)12(9)20)10-7(13(21)22)2-1-3-8(10)14(17,18)19/h1-5H,20H2,(H2,21,22). The van der Waals surface area contributed by atoms with Crippen LogP contribution in [-0.2, 0) is 6.18 Å². The van der Waals surface area contributed by atoms with E-state index in [1.807, 2.05) is 0 Å². The Kier molecular flexibility index (Phi) is 3.78. The fraction of sp³-hybridized carbons (Fsp3) is 0.0714. The van der Waals surface area contributed by atoms with E-state index in [0.717, 1.165) is 18.2 Å². The molecule has 2 aromatic rings. The molecule has 0 unspecified atom stereocenters. The summed E-state index contributed by atoms with van der Waals surface area (Å²) in [7, 11) is 0. The fourth-order valence-corrected chi connectivity index (χ4v) is 2.05. The van der Waals surface area contributed by atoms with E-state index in [-0.39, 0.29) is 0 Å². The van der Waals surface area contributed by atoms with Gasteiger partial charge in [-0.15, -0.1) is 0 Å². The maximum atomic E-state index is 14.1. The van der Waals surface area contributed by atoms with Crippen molar-refractivity contribution < 1.29 is 26.7 Å². The van der Waals surface area contributed by atoms with E-state index in [1.165, 1.54) is 0 Å². The molecule has 0 fully saturated rings. The van der Waals surface area contributed by atoms with Crippen LogP contribution in [0.1, 0.15) is 15.9 Å². The molecule has 0 bridgehead atoms. The average Bonchev–Trinajstić information content (AvgIpc) is 2.43. The van der Waals surface area contributed by atoms with Gasteiger partial charge in [0, 0.05) is 16.7 Å². The quantitative estimate of drug-likeness (QED) is 0.659. The number of benzene rings is 2. The first kappa shape index (κ1) is 15.7. The molecule has 2 aromatic carbocycles. The normalized spacial score (nSPS) is 11.5. The van der Waals surface area contributed by atoms with Gasteiger partial charge in [0.05, 0.1) is 5.56 Å². The van der Waals surface area contributed by atoms with Gasteiger partial charge in [-0.3, -0.25) is 4.79 Å². The molecule has 8 heteroatoms. The third-order valence-electron chi connectivity index (χ3n) is 3.03. The zero-order valence-corrected chi connectivity index (χ0v) is 10.8. The first-order chi connectivity index (χ1) is 10.1. The highest BCUT2D eigenvalue weighted by atomic mass is 19.4. The Morgan fingerprint density at radius 3 is 2.23 bits per heavy atom. The summed E-state index contributed by atoms with van der Waals surface area (Å²) in [6.45, 7) is 0. The van der Waals surface area contributed by atoms with Gasteiger partial charge in [-0.05, 0) is 24.3 Å². The Bertz CT molecular complexity index is 756. The molecular weight excluding hydrogens is 307 g/mol. The van der Waals surface area contributed by atoms with Crippen LogP contribution in [0, 0.1) is 11.6 Å². The third kappa shape index (κ3) is 2.59. The Labute approximate surface area is 121 Å². The van der Waals surface area contributed by atoms with Crippen molar-refractivity contribution in [2.75, 3.05) is 5.73 Å². The number of nitrogen functional groups attached to an aromatic ring is 1. The average molecular weight is 316 g/mol. The first-order valence-electron chi connectivity index (χ1n) is 5.88. The molecule has 0 atom stereocenters. The van der Waals surface area contributed by atoms with Gasteiger partial charge in [-0.1, -0.05) is 6.07 Å². The topological polar surface area (TPSA) is 69.1 Å². The summed E-state index contributed by atoms with van der Waals surface area (Å²) in [6.07, 6.45) is -4.86. The maximum Gasteiger partial charge on any atom is 0.417 e. The molecule has 116 valence electrons. The molecule has 0 radical (unpaired) electrons. The monoisotopic (exact) mass is 316 g/mol. The Morgan fingerprint density at radius 2 is 1.68 bits per heavy atom. The second kappa shape index (κ2) is 5.28. The number of halogens is 5. The molecule has 0 aromatic heterocycles. The largest absolute Gasteiger partial charge is 0.417 e. The molecule has 0 aliphatic rings. The van der Waals surface area contributed by atoms with Crippen LogP contribution in [0.3, 0.4) is 0 Å². The first-order valence-corrected chi connectivity index (χ1v) is 5.88. The van der Waals surface area contributed by atoms with Crippen LogP contribution in [0.4, 0.5) is 27.6 Å². The Balaban J connectivity index is 2.90. The van der Waals surface area contributed by atoms with Crippen molar-refractivity contribution >= 4 is 11.6 Å². The van der Waals surface area contributed by atoms with Crippen molar-refractivity contribution in [1.82, 2.24) is 0 Å². The zero-order valence-electron chi connectivity index (χ0n) is 10.8. The van der Waals surface area contributed by atoms with Gasteiger partial charge in [0.25, 0.3) is 0 Å². The number of rotatable bonds is 2. The van der Waals surface area contributed by atoms with E-state index in [4.69, 9.17) is 11.5 Å². The lowest BCUT2D eigenvalue weighted by Crippen LogP contribution is -2.17. The molecule has 0 saturated carbocycles. The summed E-state index contributed by atoms with van der Waals surface area (Å²) in [5, 5.41) is 0. The summed E-state index contributed by atoms with van der Waals surface area (Å²) < 4.78 is 66.6. The molecule has 4 N–H and O–H groups in total. The van der Waals surface area contributed by atoms with E-state index >= 15 is 0 Å². The Morgan fingerprint density at radius 1 is 1.05 bits per heavy atom. The van der Waals surface area contributed by atoms with Crippen molar-refractivity contribution in [2.45, 2.75) is 6.18 Å². The van der Waals surface area contributed by atoms with Crippen molar-refractivity contribution in [3.63, 3.8) is 0 Å². The van der Waals surface area contributed by atoms with E-state index in [0.29, 0.717) is 12.1 Å². The van der Waals surface area contributed by atoms with Gasteiger partial charge in [-0.2, -0.15) is 13.2 Å². The van der Waals surface area contributed by atoms with E-state index in [2.05, 4.69) is 0 Å². The van der Waals surface area contributed by atoms with Crippen LogP contribution < -0.4 is 11.5 Å². The molecule has 1 amide bonds. The van der Waals surface area contributed by atoms with Crippen LogP contribution >= 0.6 is 0 Å². The second-order valence-electron chi connectivity index (χ2n) is 4.41. The minimum atomic E-state index is -4.86. The molecule has 0 saturated heterocycles. The van der Waals surface area contributed by atoms with Crippen LogP contribution in [0.5, 0.6) is 0 Å². The number of alkyl halides is 3. The number of carbonyl (C=O) groups excluding carboxylic acids is 1. The van der Waals surface area contributed by atoms with Gasteiger partial charge in [0.1, 0.15) is 11.5 Å². The van der Waals surface area contributed by atoms with Crippen molar-refractivity contribution in [3.8, 4) is 11.1 Å². The van der Waals surface area contributed by atoms with E-state index in [9.17, 15) is 26.7 Å². The van der Waals surface area contributed by atoms with Crippen molar-refractivity contribution in [2.24, 2.45) is 5.73 Å². The minimum Gasteiger partial charge on any atom is -0.394 e. The molecule has 22 heavy (non-hydrogen) atoms. The molecule has 3 nitrogen and oxygen atoms in total. The number of nitrogens with two attached hydrogens (primary N) is 2. The molecule has 2 rings (SSSR count). The van der Waals surface area contributed by atoms with Crippen LogP contribution in [0.15, 0.2) is 30.3 Å². The second-order valence-corrected chi connectivity index (χ2v) is 4.41. The minimum absolute atomic E-state index is 0.542. The Hall–Kier alpha value is -2.64. The summed E-state index contributed by atoms with van der Waals surface area (Å²) in [6, 6.07) is 4.15. The molecule has 0 aliphatic heterocycles. The number of carbonyl (C=O) groups is 1. The number of hydrogen-bond acceptors (Lipinski definition) is 2. The lowest BCUT2D eigenvalue weighted by atomic mass is 9.92. The number of primary amides is 1. The highest BCUT2D eigenvalue weighted by molar-refractivity contribution is 6.01. The van der Waals surface area contributed by atoms with Gasteiger partial charge < -0.3 is 11.5 Å². The van der Waals surface area contributed by atoms with E-state index in [1.54, 1.807) is 0 Å². The highest BCUT2D eigenvalue weighted by Crippen LogP contribution is 2.40. The summed E-state index contributed by atoms with van der Waals surface area (Å²) >= 11 is 0. The zero-order chi connectivity index (χ0) is 16.7. The summed E-state index contributed by atoms with van der Waals surface area (Å²) in [5.74, 6) is -3.69. The molecule has 0 spiro atoms. The van der Waals surface area contributed by atoms with Gasteiger partial charge in [0.15, 0.2) is 5.82 Å². The van der Waals surface area contributed by atoms with Gasteiger partial charge >= 0.3 is 6.18 Å². The third-order valence-corrected chi connectivity index (χ3v) is 3.03. The highest BCUT2D eigenvalue weighted by Gasteiger charge is 2.36.